The van der Waals surface area contributed by atoms with Gasteiger partial charge < -0.3 is 14.4 Å². The summed E-state index contributed by atoms with van der Waals surface area (Å²) in [5, 5.41) is 0. The maximum Gasteiger partial charge on any atom is 0.348 e. The Labute approximate surface area is 170 Å². The van der Waals surface area contributed by atoms with Crippen LogP contribution in [0.4, 0.5) is 5.69 Å². The first-order chi connectivity index (χ1) is 14.1. The fraction of sp³-hybridized carbons (Fsp3) is 0.333. The van der Waals surface area contributed by atoms with Crippen molar-refractivity contribution in [3.05, 3.63) is 59.2 Å². The number of fused-ring (bicyclic) bond motifs is 2. The number of unbranched alkanes of at least 4 members (excludes halogenated alkanes) is 2. The Kier molecular flexibility index (Phi) is 5.38. The van der Waals surface area contributed by atoms with E-state index in [4.69, 9.17) is 9.47 Å². The van der Waals surface area contributed by atoms with Gasteiger partial charge in [-0.25, -0.2) is 9.59 Å². The van der Waals surface area contributed by atoms with Crippen LogP contribution in [-0.4, -0.2) is 25.0 Å². The van der Waals surface area contributed by atoms with E-state index in [1.165, 1.54) is 0 Å². The molecule has 2 aromatic carbocycles. The maximum absolute atomic E-state index is 12.7. The summed E-state index contributed by atoms with van der Waals surface area (Å²) in [6.07, 6.45) is 4.48. The van der Waals surface area contributed by atoms with Gasteiger partial charge in [-0.1, -0.05) is 44.9 Å². The van der Waals surface area contributed by atoms with Gasteiger partial charge in [-0.05, 0) is 31.0 Å². The van der Waals surface area contributed by atoms with Crippen LogP contribution in [-0.2, 0) is 9.53 Å². The fourth-order valence-corrected chi connectivity index (χ4v) is 3.79. The quantitative estimate of drug-likeness (QED) is 0.375. The molecule has 2 aromatic rings. The molecule has 0 radical (unpaired) electrons. The summed E-state index contributed by atoms with van der Waals surface area (Å²) in [6, 6.07) is 12.9. The Balaban J connectivity index is 1.72. The van der Waals surface area contributed by atoms with Gasteiger partial charge in [0.15, 0.2) is 5.76 Å². The fourth-order valence-electron chi connectivity index (χ4n) is 3.79. The Bertz CT molecular complexity index is 984. The first-order valence-electron chi connectivity index (χ1n) is 10.3. The predicted octanol–water partition coefficient (Wildman–Crippen LogP) is 5.05. The van der Waals surface area contributed by atoms with E-state index in [0.717, 1.165) is 44.5 Å². The molecule has 0 N–H and O–H groups in total. The number of hydrogen-bond donors (Lipinski definition) is 0. The molecule has 0 amide bonds. The van der Waals surface area contributed by atoms with E-state index >= 15 is 0 Å². The van der Waals surface area contributed by atoms with Crippen molar-refractivity contribution in [2.24, 2.45) is 0 Å². The summed E-state index contributed by atoms with van der Waals surface area (Å²) in [5.41, 5.74) is 3.14. The molecule has 150 valence electrons. The van der Waals surface area contributed by atoms with Crippen LogP contribution in [0.5, 0.6) is 5.75 Å². The van der Waals surface area contributed by atoms with Crippen molar-refractivity contribution >= 4 is 29.0 Å². The van der Waals surface area contributed by atoms with Crippen molar-refractivity contribution < 1.29 is 19.1 Å². The second-order valence-corrected chi connectivity index (χ2v) is 7.40. The van der Waals surface area contributed by atoms with Crippen LogP contribution in [0.1, 0.15) is 61.0 Å². The van der Waals surface area contributed by atoms with E-state index in [1.807, 2.05) is 24.3 Å². The number of carbonyl (C=O) groups is 2. The van der Waals surface area contributed by atoms with E-state index in [1.54, 1.807) is 18.2 Å². The molecule has 2 aliphatic rings. The molecule has 5 nitrogen and oxygen atoms in total. The number of rotatable bonds is 7. The number of carbonyl (C=O) groups excluding carboxylic acids is 2. The SMILES string of the molecule is CCCCN(CCCC)c1ccc2c(c1)OC(=O)/C2=C1/OC(=O)c2ccccc21. The lowest BCUT2D eigenvalue weighted by molar-refractivity contribution is -0.126. The minimum atomic E-state index is -0.481. The highest BCUT2D eigenvalue weighted by Crippen LogP contribution is 2.44. The van der Waals surface area contributed by atoms with Crippen molar-refractivity contribution in [2.45, 2.75) is 39.5 Å². The molecular weight excluding hydrogens is 366 g/mol. The van der Waals surface area contributed by atoms with Gasteiger partial charge in [0.25, 0.3) is 0 Å². The maximum atomic E-state index is 12.7. The van der Waals surface area contributed by atoms with E-state index in [9.17, 15) is 9.59 Å². The molecule has 0 aliphatic carbocycles. The van der Waals surface area contributed by atoms with Crippen molar-refractivity contribution in [1.82, 2.24) is 0 Å². The third kappa shape index (κ3) is 3.53. The lowest BCUT2D eigenvalue weighted by Crippen LogP contribution is -2.25. The molecule has 0 saturated carbocycles. The van der Waals surface area contributed by atoms with E-state index in [0.29, 0.717) is 28.0 Å². The largest absolute Gasteiger partial charge is 0.422 e. The van der Waals surface area contributed by atoms with Crippen LogP contribution in [0.2, 0.25) is 0 Å². The normalized spacial score (nSPS) is 17.0. The first-order valence-corrected chi connectivity index (χ1v) is 10.3. The van der Waals surface area contributed by atoms with Crippen LogP contribution in [0.15, 0.2) is 42.5 Å². The highest BCUT2D eigenvalue weighted by Gasteiger charge is 2.37. The summed E-state index contributed by atoms with van der Waals surface area (Å²) in [7, 11) is 0. The third-order valence-corrected chi connectivity index (χ3v) is 5.38. The van der Waals surface area contributed by atoms with Gasteiger partial charge in [-0.2, -0.15) is 0 Å². The van der Waals surface area contributed by atoms with Crippen molar-refractivity contribution in [2.75, 3.05) is 18.0 Å². The lowest BCUT2D eigenvalue weighted by Gasteiger charge is -2.25. The highest BCUT2D eigenvalue weighted by atomic mass is 16.6. The van der Waals surface area contributed by atoms with Gasteiger partial charge in [-0.3, -0.25) is 0 Å². The average Bonchev–Trinajstić information content (AvgIpc) is 3.23. The zero-order chi connectivity index (χ0) is 20.4. The molecule has 29 heavy (non-hydrogen) atoms. The van der Waals surface area contributed by atoms with E-state index < -0.39 is 11.9 Å². The summed E-state index contributed by atoms with van der Waals surface area (Å²) < 4.78 is 11.0. The highest BCUT2D eigenvalue weighted by molar-refractivity contribution is 6.30. The minimum Gasteiger partial charge on any atom is -0.422 e. The van der Waals surface area contributed by atoms with Gasteiger partial charge in [0, 0.05) is 36.0 Å². The standard InChI is InChI=1S/C24H25NO4/c1-3-5-13-25(14-6-4-2)16-11-12-19-20(15-16)28-24(27)21(19)22-17-9-7-8-10-18(17)23(26)29-22/h7-12,15H,3-6,13-14H2,1-2H3/b22-21+. The molecule has 0 spiro atoms. The number of anilines is 1. The Morgan fingerprint density at radius 3 is 2.17 bits per heavy atom. The molecule has 0 unspecified atom stereocenters. The Morgan fingerprint density at radius 2 is 1.48 bits per heavy atom. The minimum absolute atomic E-state index is 0.288. The van der Waals surface area contributed by atoms with Gasteiger partial charge in [-0.15, -0.1) is 0 Å². The number of ether oxygens (including phenoxy) is 2. The Morgan fingerprint density at radius 1 is 0.793 bits per heavy atom. The lowest BCUT2D eigenvalue weighted by atomic mass is 10.00. The number of benzene rings is 2. The van der Waals surface area contributed by atoms with Crippen molar-refractivity contribution in [3.8, 4) is 5.75 Å². The van der Waals surface area contributed by atoms with E-state index in [2.05, 4.69) is 18.7 Å². The molecular formula is C24H25NO4. The summed E-state index contributed by atoms with van der Waals surface area (Å²) >= 11 is 0. The van der Waals surface area contributed by atoms with Crippen LogP contribution < -0.4 is 9.64 Å². The summed E-state index contributed by atoms with van der Waals surface area (Å²) in [5.74, 6) is -0.110. The van der Waals surface area contributed by atoms with Gasteiger partial charge in [0.1, 0.15) is 11.3 Å². The molecule has 2 heterocycles. The average molecular weight is 391 g/mol. The molecule has 2 aliphatic heterocycles. The number of hydrogen-bond acceptors (Lipinski definition) is 5. The first kappa shape index (κ1) is 19.2. The molecule has 0 atom stereocenters. The number of nitrogens with zero attached hydrogens (tertiary/aromatic N) is 1. The monoisotopic (exact) mass is 391 g/mol. The van der Waals surface area contributed by atoms with Crippen molar-refractivity contribution in [3.63, 3.8) is 0 Å². The number of cyclic esters (lactones) is 1. The predicted molar refractivity (Wildman–Crippen MR) is 113 cm³/mol. The van der Waals surface area contributed by atoms with Gasteiger partial charge in [0.2, 0.25) is 0 Å². The second kappa shape index (κ2) is 8.11. The molecule has 0 fully saturated rings. The van der Waals surface area contributed by atoms with E-state index in [-0.39, 0.29) is 5.76 Å². The zero-order valence-corrected chi connectivity index (χ0v) is 16.9. The van der Waals surface area contributed by atoms with Crippen LogP contribution in [0.25, 0.3) is 11.3 Å². The molecule has 0 saturated heterocycles. The third-order valence-electron chi connectivity index (χ3n) is 5.38. The molecule has 0 aromatic heterocycles. The molecule has 0 bridgehead atoms. The summed E-state index contributed by atoms with van der Waals surface area (Å²) in [6.45, 7) is 6.31. The van der Waals surface area contributed by atoms with Crippen LogP contribution >= 0.6 is 0 Å². The molecule has 4 rings (SSSR count). The number of esters is 2. The van der Waals surface area contributed by atoms with Crippen LogP contribution in [0, 0.1) is 0 Å². The van der Waals surface area contributed by atoms with Gasteiger partial charge in [0.05, 0.1) is 5.56 Å². The summed E-state index contributed by atoms with van der Waals surface area (Å²) in [4.78, 5) is 27.2. The van der Waals surface area contributed by atoms with Gasteiger partial charge >= 0.3 is 11.9 Å². The van der Waals surface area contributed by atoms with Crippen molar-refractivity contribution in [1.29, 1.82) is 0 Å². The Hall–Kier alpha value is -3.08. The second-order valence-electron chi connectivity index (χ2n) is 7.40. The topological polar surface area (TPSA) is 55.8 Å². The molecule has 5 heteroatoms. The zero-order valence-electron chi connectivity index (χ0n) is 16.9. The van der Waals surface area contributed by atoms with Crippen LogP contribution in [0.3, 0.4) is 0 Å². The smallest absolute Gasteiger partial charge is 0.348 e.